The van der Waals surface area contributed by atoms with Crippen molar-refractivity contribution in [1.82, 2.24) is 24.7 Å². The first-order valence-corrected chi connectivity index (χ1v) is 15.1. The predicted octanol–water partition coefficient (Wildman–Crippen LogP) is 6.98. The number of benzene rings is 2. The molecule has 39 heavy (non-hydrogen) atoms. The van der Waals surface area contributed by atoms with E-state index < -0.39 is 0 Å². The molecule has 1 N–H and O–H groups in total. The molecule has 4 heterocycles. The molecule has 1 saturated carbocycles. The molecule has 0 saturated heterocycles. The Hall–Kier alpha value is -3.39. The number of hydrogen-bond acceptors (Lipinski definition) is 7. The van der Waals surface area contributed by atoms with Crippen molar-refractivity contribution in [2.24, 2.45) is 18.9 Å². The summed E-state index contributed by atoms with van der Waals surface area (Å²) in [7, 11) is 2.06. The van der Waals surface area contributed by atoms with Crippen LogP contribution in [0.5, 0.6) is 0 Å². The van der Waals surface area contributed by atoms with Gasteiger partial charge in [-0.15, -0.1) is 10.2 Å². The molecule has 1 aliphatic heterocycles. The third kappa shape index (κ3) is 5.14. The first-order valence-electron chi connectivity index (χ1n) is 14.2. The highest BCUT2D eigenvalue weighted by Gasteiger charge is 2.25. The summed E-state index contributed by atoms with van der Waals surface area (Å²) >= 11 is 1.80. The third-order valence-corrected chi connectivity index (χ3v) is 9.26. The number of oxazole rings is 1. The molecule has 0 radical (unpaired) electrons. The number of thioether (sulfide) groups is 1. The van der Waals surface area contributed by atoms with Crippen LogP contribution in [0.4, 0.5) is 5.69 Å². The van der Waals surface area contributed by atoms with Gasteiger partial charge in [0.15, 0.2) is 22.5 Å². The highest BCUT2D eigenvalue weighted by molar-refractivity contribution is 7.99. The molecule has 3 aromatic heterocycles. The van der Waals surface area contributed by atoms with Crippen molar-refractivity contribution < 1.29 is 4.42 Å². The molecular formula is C31H34N6OS. The lowest BCUT2D eigenvalue weighted by Crippen LogP contribution is -2.12. The van der Waals surface area contributed by atoms with E-state index >= 15 is 0 Å². The minimum atomic E-state index is 0.657. The van der Waals surface area contributed by atoms with Gasteiger partial charge in [-0.25, -0.2) is 4.98 Å². The van der Waals surface area contributed by atoms with Gasteiger partial charge in [-0.05, 0) is 81.0 Å². The largest absolute Gasteiger partial charge is 0.441 e. The first-order chi connectivity index (χ1) is 19.1. The maximum atomic E-state index is 6.07. The van der Waals surface area contributed by atoms with Gasteiger partial charge in [0.2, 0.25) is 0 Å². The molecule has 1 fully saturated rings. The Labute approximate surface area is 232 Å². The van der Waals surface area contributed by atoms with Crippen LogP contribution in [0.1, 0.15) is 49.3 Å². The topological polar surface area (TPSA) is 81.7 Å². The van der Waals surface area contributed by atoms with E-state index in [2.05, 4.69) is 68.5 Å². The molecule has 2 aliphatic rings. The predicted molar refractivity (Wildman–Crippen MR) is 157 cm³/mol. The zero-order valence-electron chi connectivity index (χ0n) is 22.6. The van der Waals surface area contributed by atoms with Crippen molar-refractivity contribution in [2.75, 3.05) is 17.6 Å². The molecule has 1 aliphatic carbocycles. The molecule has 1 unspecified atom stereocenters. The minimum Gasteiger partial charge on any atom is -0.441 e. The van der Waals surface area contributed by atoms with Crippen molar-refractivity contribution in [3.05, 3.63) is 59.6 Å². The van der Waals surface area contributed by atoms with E-state index in [-0.39, 0.29) is 0 Å². The number of nitrogens with one attached hydrogen (secondary N) is 1. The molecule has 5 aromatic rings. The van der Waals surface area contributed by atoms with E-state index in [1.165, 1.54) is 36.9 Å². The average molecular weight is 539 g/mol. The Balaban J connectivity index is 0.947. The van der Waals surface area contributed by atoms with Crippen molar-refractivity contribution in [3.8, 4) is 11.4 Å². The van der Waals surface area contributed by atoms with Crippen LogP contribution in [0.3, 0.4) is 0 Å². The van der Waals surface area contributed by atoms with E-state index in [0.29, 0.717) is 5.92 Å². The molecule has 7 nitrogen and oxygen atoms in total. The third-order valence-electron chi connectivity index (χ3n) is 8.16. The molecule has 1 atom stereocenters. The van der Waals surface area contributed by atoms with Gasteiger partial charge in [-0.1, -0.05) is 30.0 Å². The monoisotopic (exact) mass is 538 g/mol. The fraction of sp³-hybridized carbons (Fsp3) is 0.419. The quantitative estimate of drug-likeness (QED) is 0.169. The van der Waals surface area contributed by atoms with E-state index in [4.69, 9.17) is 9.40 Å². The maximum absolute atomic E-state index is 6.07. The van der Waals surface area contributed by atoms with Crippen LogP contribution < -0.4 is 5.32 Å². The van der Waals surface area contributed by atoms with Gasteiger partial charge in [-0.2, -0.15) is 0 Å². The minimum absolute atomic E-state index is 0.657. The fourth-order valence-corrected chi connectivity index (χ4v) is 6.59. The van der Waals surface area contributed by atoms with Gasteiger partial charge < -0.3 is 14.3 Å². The van der Waals surface area contributed by atoms with Crippen LogP contribution >= 0.6 is 11.8 Å². The van der Waals surface area contributed by atoms with E-state index in [0.717, 1.165) is 87.6 Å². The molecule has 0 bridgehead atoms. The summed E-state index contributed by atoms with van der Waals surface area (Å²) in [6.07, 6.45) is 8.27. The maximum Gasteiger partial charge on any atom is 0.195 e. The molecule has 7 rings (SSSR count). The van der Waals surface area contributed by atoms with Crippen LogP contribution in [0.15, 0.2) is 52.0 Å². The van der Waals surface area contributed by atoms with Gasteiger partial charge in [0.05, 0.1) is 5.52 Å². The van der Waals surface area contributed by atoms with Gasteiger partial charge in [0.1, 0.15) is 5.52 Å². The van der Waals surface area contributed by atoms with E-state index in [1.54, 1.807) is 11.8 Å². The number of aryl methyl sites for hydroxylation is 2. The van der Waals surface area contributed by atoms with Crippen LogP contribution in [0.25, 0.3) is 33.4 Å². The van der Waals surface area contributed by atoms with Crippen molar-refractivity contribution in [3.63, 3.8) is 0 Å². The zero-order valence-corrected chi connectivity index (χ0v) is 23.4. The smallest absolute Gasteiger partial charge is 0.195 e. The average Bonchev–Trinajstić information content (AvgIpc) is 3.60. The van der Waals surface area contributed by atoms with Crippen LogP contribution in [-0.2, 0) is 19.9 Å². The fourth-order valence-electron chi connectivity index (χ4n) is 5.72. The summed E-state index contributed by atoms with van der Waals surface area (Å²) < 4.78 is 8.18. The summed E-state index contributed by atoms with van der Waals surface area (Å²) in [6, 6.07) is 14.8. The Kier molecular flexibility index (Phi) is 6.51. The first kappa shape index (κ1) is 24.6. The molecule has 2 aromatic carbocycles. The highest BCUT2D eigenvalue weighted by atomic mass is 32.2. The van der Waals surface area contributed by atoms with Crippen LogP contribution in [-0.4, -0.2) is 37.0 Å². The zero-order chi connectivity index (χ0) is 26.3. The summed E-state index contributed by atoms with van der Waals surface area (Å²) in [4.78, 5) is 9.45. The number of rotatable bonds is 8. The van der Waals surface area contributed by atoms with Crippen molar-refractivity contribution in [1.29, 1.82) is 0 Å². The lowest BCUT2D eigenvalue weighted by molar-refractivity contribution is 0.476. The van der Waals surface area contributed by atoms with Gasteiger partial charge in [-0.3, -0.25) is 4.98 Å². The Morgan fingerprint density at radius 3 is 2.85 bits per heavy atom. The molecular weight excluding hydrogens is 504 g/mol. The second-order valence-electron chi connectivity index (χ2n) is 11.2. The van der Waals surface area contributed by atoms with Crippen LogP contribution in [0.2, 0.25) is 0 Å². The summed E-state index contributed by atoms with van der Waals surface area (Å²) in [5.74, 6) is 4.27. The second kappa shape index (κ2) is 10.3. The number of aromatic nitrogens is 5. The summed E-state index contributed by atoms with van der Waals surface area (Å²) in [5, 5.41) is 14.8. The van der Waals surface area contributed by atoms with Crippen molar-refractivity contribution in [2.45, 2.75) is 57.0 Å². The number of nitrogens with zero attached hydrogens (tertiary/aromatic N) is 5. The Bertz CT molecular complexity index is 1610. The van der Waals surface area contributed by atoms with Gasteiger partial charge >= 0.3 is 0 Å². The van der Waals surface area contributed by atoms with E-state index in [1.807, 2.05) is 13.0 Å². The normalized spacial score (nSPS) is 17.3. The number of fused-ring (bicyclic) bond motifs is 3. The van der Waals surface area contributed by atoms with Crippen LogP contribution in [0, 0.1) is 18.8 Å². The Morgan fingerprint density at radius 2 is 1.95 bits per heavy atom. The standard InChI is InChI=1S/C31H34N6OS/c1-19-8-13-23-24(6-3-7-25(23)33-19)30-35-36-31(37(30)2)39-14-4-5-21-11-12-22-16-27-28(17-26(22)32-18-21)38-29(34-27)15-20-9-10-20/h3,6-8,13,16-17,20-21,32H,4-5,9-12,14-15,18H2,1-2H3. The summed E-state index contributed by atoms with van der Waals surface area (Å²) in [5.41, 5.74) is 7.61. The molecule has 0 spiro atoms. The lowest BCUT2D eigenvalue weighted by atomic mass is 9.97. The SMILES string of the molecule is Cc1ccc2c(-c3nnc(SCCCC4CCc5cc6nc(CC7CC7)oc6cc5NC4)n3C)cccc2n1. The number of hydrogen-bond donors (Lipinski definition) is 1. The number of anilines is 1. The van der Waals surface area contributed by atoms with Gasteiger partial charge in [0.25, 0.3) is 0 Å². The molecule has 200 valence electrons. The Morgan fingerprint density at radius 1 is 1.03 bits per heavy atom. The second-order valence-corrected chi connectivity index (χ2v) is 12.3. The number of pyridine rings is 1. The summed E-state index contributed by atoms with van der Waals surface area (Å²) in [6.45, 7) is 3.03. The highest BCUT2D eigenvalue weighted by Crippen LogP contribution is 2.35. The molecule has 0 amide bonds. The molecule has 8 heteroatoms. The van der Waals surface area contributed by atoms with Gasteiger partial charge in [0, 0.05) is 54.2 Å². The van der Waals surface area contributed by atoms with Crippen molar-refractivity contribution >= 4 is 39.5 Å². The lowest BCUT2D eigenvalue weighted by Gasteiger charge is -2.14. The van der Waals surface area contributed by atoms with E-state index in [9.17, 15) is 0 Å².